The van der Waals surface area contributed by atoms with Gasteiger partial charge >= 0.3 is 6.36 Å². The number of anilines is 1. The van der Waals surface area contributed by atoms with Gasteiger partial charge in [0.25, 0.3) is 0 Å². The van der Waals surface area contributed by atoms with Crippen LogP contribution in [0.15, 0.2) is 22.7 Å². The fourth-order valence-electron chi connectivity index (χ4n) is 1.41. The number of nitrogens with one attached hydrogen (secondary N) is 1. The number of hydrogen-bond donors (Lipinski definition) is 2. The highest BCUT2D eigenvalue weighted by atomic mass is 79.9. The number of carbonyl (C=O) groups excluding carboxylic acids is 1. The van der Waals surface area contributed by atoms with E-state index in [-0.39, 0.29) is 22.6 Å². The van der Waals surface area contributed by atoms with Crippen LogP contribution in [0.3, 0.4) is 0 Å². The van der Waals surface area contributed by atoms with Crippen molar-refractivity contribution in [2.75, 3.05) is 5.32 Å². The van der Waals surface area contributed by atoms with Crippen molar-refractivity contribution in [1.82, 2.24) is 0 Å². The third-order valence-corrected chi connectivity index (χ3v) is 2.68. The van der Waals surface area contributed by atoms with E-state index in [1.807, 2.05) is 0 Å². The Labute approximate surface area is 122 Å². The fourth-order valence-corrected chi connectivity index (χ4v) is 1.86. The molecule has 0 heterocycles. The first kappa shape index (κ1) is 16.8. The van der Waals surface area contributed by atoms with E-state index in [4.69, 9.17) is 5.73 Å². The molecule has 1 aromatic rings. The smallest absolute Gasteiger partial charge is 0.405 e. The van der Waals surface area contributed by atoms with Gasteiger partial charge in [-0.3, -0.25) is 4.79 Å². The first-order valence-corrected chi connectivity index (χ1v) is 6.40. The molecule has 0 aliphatic carbocycles. The average Bonchev–Trinajstić information content (AvgIpc) is 2.17. The van der Waals surface area contributed by atoms with Gasteiger partial charge in [0.2, 0.25) is 5.91 Å². The number of ether oxygens (including phenoxy) is 1. The number of amides is 1. The number of halogens is 4. The summed E-state index contributed by atoms with van der Waals surface area (Å²) in [5.74, 6) is -0.705. The fraction of sp³-hybridized carbons (Fsp3) is 0.417. The van der Waals surface area contributed by atoms with E-state index < -0.39 is 11.9 Å². The topological polar surface area (TPSA) is 64.4 Å². The second-order valence-electron chi connectivity index (χ2n) is 4.91. The third-order valence-electron chi connectivity index (χ3n) is 2.06. The maximum atomic E-state index is 12.1. The third kappa shape index (κ3) is 6.25. The van der Waals surface area contributed by atoms with Gasteiger partial charge in [0.05, 0.1) is 4.47 Å². The number of hydrogen-bond acceptors (Lipinski definition) is 3. The molecule has 112 valence electrons. The Balaban J connectivity index is 2.75. The van der Waals surface area contributed by atoms with Gasteiger partial charge < -0.3 is 15.8 Å². The predicted molar refractivity (Wildman–Crippen MR) is 72.3 cm³/mol. The molecule has 1 rings (SSSR count). The molecule has 20 heavy (non-hydrogen) atoms. The maximum Gasteiger partial charge on any atom is 0.573 e. The minimum atomic E-state index is -4.77. The Hall–Kier alpha value is -1.28. The van der Waals surface area contributed by atoms with Crippen molar-refractivity contribution in [3.8, 4) is 5.75 Å². The second-order valence-corrected chi connectivity index (χ2v) is 5.76. The monoisotopic (exact) mass is 354 g/mol. The molecule has 0 atom stereocenters. The second kappa shape index (κ2) is 6.01. The van der Waals surface area contributed by atoms with Crippen LogP contribution in [0.2, 0.25) is 0 Å². The van der Waals surface area contributed by atoms with Crippen LogP contribution in [0, 0.1) is 0 Å². The van der Waals surface area contributed by atoms with Gasteiger partial charge in [0, 0.05) is 17.6 Å². The van der Waals surface area contributed by atoms with Crippen LogP contribution in [-0.4, -0.2) is 17.8 Å². The zero-order chi connectivity index (χ0) is 15.6. The maximum absolute atomic E-state index is 12.1. The standard InChI is InChI=1S/C12H14BrF3N2O2/c1-11(2,17)6-10(19)18-7-3-4-9(8(13)5-7)20-12(14,15)16/h3-5H,6,17H2,1-2H3,(H,18,19). The molecule has 4 nitrogen and oxygen atoms in total. The van der Waals surface area contributed by atoms with E-state index >= 15 is 0 Å². The van der Waals surface area contributed by atoms with Crippen LogP contribution in [0.1, 0.15) is 20.3 Å². The van der Waals surface area contributed by atoms with Crippen molar-refractivity contribution in [2.24, 2.45) is 5.73 Å². The molecule has 0 aromatic heterocycles. The Morgan fingerprint density at radius 1 is 1.40 bits per heavy atom. The van der Waals surface area contributed by atoms with Crippen LogP contribution < -0.4 is 15.8 Å². The molecule has 0 bridgehead atoms. The SMILES string of the molecule is CC(C)(N)CC(=O)Nc1ccc(OC(F)(F)F)c(Br)c1. The summed E-state index contributed by atoms with van der Waals surface area (Å²) in [6, 6.07) is 3.75. The summed E-state index contributed by atoms with van der Waals surface area (Å²) in [6.07, 6.45) is -4.68. The van der Waals surface area contributed by atoms with Crippen LogP contribution >= 0.6 is 15.9 Å². The van der Waals surface area contributed by atoms with Gasteiger partial charge in [-0.15, -0.1) is 13.2 Å². The lowest BCUT2D eigenvalue weighted by Gasteiger charge is -2.18. The normalized spacial score (nSPS) is 12.2. The van der Waals surface area contributed by atoms with E-state index in [0.29, 0.717) is 5.69 Å². The van der Waals surface area contributed by atoms with Gasteiger partial charge in [-0.2, -0.15) is 0 Å². The summed E-state index contributed by atoms with van der Waals surface area (Å²) in [7, 11) is 0. The van der Waals surface area contributed by atoms with Gasteiger partial charge in [0.15, 0.2) is 0 Å². The molecule has 0 aliphatic heterocycles. The van der Waals surface area contributed by atoms with Crippen molar-refractivity contribution < 1.29 is 22.7 Å². The summed E-state index contributed by atoms with van der Waals surface area (Å²) in [4.78, 5) is 11.6. The van der Waals surface area contributed by atoms with Crippen molar-refractivity contribution in [3.63, 3.8) is 0 Å². The molecule has 1 amide bonds. The lowest BCUT2D eigenvalue weighted by molar-refractivity contribution is -0.274. The van der Waals surface area contributed by atoms with Crippen molar-refractivity contribution in [1.29, 1.82) is 0 Å². The molecular formula is C12H14BrF3N2O2. The van der Waals surface area contributed by atoms with Gasteiger partial charge in [-0.25, -0.2) is 0 Å². The van der Waals surface area contributed by atoms with Crippen LogP contribution in [0.25, 0.3) is 0 Å². The number of alkyl halides is 3. The molecule has 1 aromatic carbocycles. The Morgan fingerprint density at radius 2 is 2.00 bits per heavy atom. The number of nitrogens with two attached hydrogens (primary N) is 1. The molecule has 0 saturated heterocycles. The summed E-state index contributed by atoms with van der Waals surface area (Å²) in [6.45, 7) is 3.39. The summed E-state index contributed by atoms with van der Waals surface area (Å²) in [5.41, 5.74) is 5.38. The quantitative estimate of drug-likeness (QED) is 0.870. The lowest BCUT2D eigenvalue weighted by atomic mass is 10.0. The van der Waals surface area contributed by atoms with E-state index in [1.165, 1.54) is 12.1 Å². The molecule has 3 N–H and O–H groups in total. The molecule has 0 saturated carbocycles. The molecule has 8 heteroatoms. The summed E-state index contributed by atoms with van der Waals surface area (Å²) >= 11 is 2.95. The van der Waals surface area contributed by atoms with E-state index in [9.17, 15) is 18.0 Å². The molecule has 0 fully saturated rings. The zero-order valence-corrected chi connectivity index (χ0v) is 12.4. The lowest BCUT2D eigenvalue weighted by Crippen LogP contribution is -2.36. The van der Waals surface area contributed by atoms with E-state index in [2.05, 4.69) is 26.0 Å². The molecule has 0 spiro atoms. The van der Waals surface area contributed by atoms with Crippen molar-refractivity contribution in [2.45, 2.75) is 32.2 Å². The number of carbonyl (C=O) groups is 1. The number of benzene rings is 1. The van der Waals surface area contributed by atoms with Crippen LogP contribution in [0.5, 0.6) is 5.75 Å². The van der Waals surface area contributed by atoms with Gasteiger partial charge in [0.1, 0.15) is 5.75 Å². The van der Waals surface area contributed by atoms with Crippen LogP contribution in [0.4, 0.5) is 18.9 Å². The molecule has 0 radical (unpaired) electrons. The average molecular weight is 355 g/mol. The Bertz CT molecular complexity index is 498. The van der Waals surface area contributed by atoms with Crippen LogP contribution in [-0.2, 0) is 4.79 Å². The predicted octanol–water partition coefficient (Wildman–Crippen LogP) is 3.41. The van der Waals surface area contributed by atoms with Gasteiger partial charge in [-0.05, 0) is 48.0 Å². The highest BCUT2D eigenvalue weighted by Gasteiger charge is 2.32. The van der Waals surface area contributed by atoms with Crippen molar-refractivity contribution >= 4 is 27.5 Å². The molecular weight excluding hydrogens is 341 g/mol. The minimum Gasteiger partial charge on any atom is -0.405 e. The molecule has 0 aliphatic rings. The first-order valence-electron chi connectivity index (χ1n) is 5.60. The number of rotatable bonds is 4. The van der Waals surface area contributed by atoms with Crippen molar-refractivity contribution in [3.05, 3.63) is 22.7 Å². The van der Waals surface area contributed by atoms with Gasteiger partial charge in [-0.1, -0.05) is 0 Å². The van der Waals surface area contributed by atoms with E-state index in [1.54, 1.807) is 13.8 Å². The largest absolute Gasteiger partial charge is 0.573 e. The molecule has 0 unspecified atom stereocenters. The highest BCUT2D eigenvalue weighted by Crippen LogP contribution is 2.32. The first-order chi connectivity index (χ1) is 8.96. The zero-order valence-electron chi connectivity index (χ0n) is 10.8. The highest BCUT2D eigenvalue weighted by molar-refractivity contribution is 9.10. The van der Waals surface area contributed by atoms with E-state index in [0.717, 1.165) is 6.07 Å². The minimum absolute atomic E-state index is 0.0830. The summed E-state index contributed by atoms with van der Waals surface area (Å²) < 4.78 is 40.1. The Morgan fingerprint density at radius 3 is 2.45 bits per heavy atom. The summed E-state index contributed by atoms with van der Waals surface area (Å²) in [5, 5.41) is 2.54. The Kier molecular flexibility index (Phi) is 5.04.